The third kappa shape index (κ3) is 1.90. The zero-order chi connectivity index (χ0) is 10.0. The first-order valence-corrected chi connectivity index (χ1v) is 4.27. The van der Waals surface area contributed by atoms with E-state index in [0.29, 0.717) is 11.8 Å². The second kappa shape index (κ2) is 3.90. The number of carbonyl (C=O) groups excluding carboxylic acids is 2. The maximum absolute atomic E-state index is 11.0. The summed E-state index contributed by atoms with van der Waals surface area (Å²) >= 11 is 11.5. The van der Waals surface area contributed by atoms with E-state index in [0.717, 1.165) is 0 Å². The quantitative estimate of drug-likeness (QED) is 0.563. The molecule has 1 rings (SSSR count). The van der Waals surface area contributed by atoms with Crippen LogP contribution in [-0.4, -0.2) is 12.1 Å². The summed E-state index contributed by atoms with van der Waals surface area (Å²) in [5.41, 5.74) is 0.476. The van der Waals surface area contributed by atoms with Crippen LogP contribution in [-0.2, 0) is 0 Å². The molecule has 2 nitrogen and oxygen atoms in total. The van der Waals surface area contributed by atoms with Gasteiger partial charge in [-0.1, -0.05) is 23.2 Å². The van der Waals surface area contributed by atoms with Crippen LogP contribution in [0.3, 0.4) is 0 Å². The summed E-state index contributed by atoms with van der Waals surface area (Å²) in [6.45, 7) is 1.38. The van der Waals surface area contributed by atoms with Gasteiger partial charge in [0.15, 0.2) is 12.1 Å². The molecule has 0 aliphatic carbocycles. The van der Waals surface area contributed by atoms with E-state index in [4.69, 9.17) is 23.2 Å². The maximum Gasteiger partial charge on any atom is 0.161 e. The van der Waals surface area contributed by atoms with Gasteiger partial charge in [-0.05, 0) is 19.1 Å². The molecule has 0 saturated carbocycles. The number of aldehydes is 1. The minimum atomic E-state index is -0.190. The lowest BCUT2D eigenvalue weighted by atomic mass is 10.1. The average Bonchev–Trinajstić information content (AvgIpc) is 2.04. The zero-order valence-corrected chi connectivity index (χ0v) is 8.32. The van der Waals surface area contributed by atoms with Crippen LogP contribution in [0.5, 0.6) is 0 Å². The number of hydrogen-bond donors (Lipinski definition) is 0. The predicted octanol–water partition coefficient (Wildman–Crippen LogP) is 3.01. The molecule has 0 unspecified atom stereocenters. The van der Waals surface area contributed by atoms with Gasteiger partial charge in [-0.2, -0.15) is 0 Å². The number of carbonyl (C=O) groups is 2. The lowest BCUT2D eigenvalue weighted by molar-refractivity contribution is 0.101. The number of rotatable bonds is 2. The first-order chi connectivity index (χ1) is 6.07. The lowest BCUT2D eigenvalue weighted by Gasteiger charge is -2.03. The number of benzene rings is 1. The van der Waals surface area contributed by atoms with Gasteiger partial charge in [0, 0.05) is 5.56 Å². The molecule has 68 valence electrons. The van der Waals surface area contributed by atoms with E-state index in [-0.39, 0.29) is 21.4 Å². The molecule has 4 heteroatoms. The summed E-state index contributed by atoms with van der Waals surface area (Å²) < 4.78 is 0. The fourth-order valence-electron chi connectivity index (χ4n) is 0.949. The van der Waals surface area contributed by atoms with Crippen LogP contribution < -0.4 is 0 Å². The highest BCUT2D eigenvalue weighted by atomic mass is 35.5. The highest BCUT2D eigenvalue weighted by Gasteiger charge is 2.12. The van der Waals surface area contributed by atoms with Crippen molar-refractivity contribution in [1.29, 1.82) is 0 Å². The van der Waals surface area contributed by atoms with Crippen LogP contribution in [0, 0.1) is 0 Å². The fraction of sp³-hybridized carbons (Fsp3) is 0.111. The van der Waals surface area contributed by atoms with Gasteiger partial charge < -0.3 is 0 Å². The van der Waals surface area contributed by atoms with E-state index in [9.17, 15) is 9.59 Å². The van der Waals surface area contributed by atoms with Gasteiger partial charge >= 0.3 is 0 Å². The van der Waals surface area contributed by atoms with Crippen LogP contribution in [0.4, 0.5) is 0 Å². The molecule has 1 aromatic carbocycles. The number of Topliss-reactive ketones (excluding diaryl/α,β-unsaturated/α-hetero) is 1. The van der Waals surface area contributed by atoms with Crippen molar-refractivity contribution in [2.75, 3.05) is 0 Å². The lowest BCUT2D eigenvalue weighted by Crippen LogP contribution is -1.96. The Labute approximate surface area is 85.5 Å². The Morgan fingerprint density at radius 2 is 2.00 bits per heavy atom. The summed E-state index contributed by atoms with van der Waals surface area (Å²) in [6, 6.07) is 2.98. The Morgan fingerprint density at radius 1 is 1.38 bits per heavy atom. The molecule has 0 atom stereocenters. The monoisotopic (exact) mass is 216 g/mol. The highest BCUT2D eigenvalue weighted by Crippen LogP contribution is 2.26. The van der Waals surface area contributed by atoms with Crippen LogP contribution in [0.25, 0.3) is 0 Å². The van der Waals surface area contributed by atoms with Gasteiger partial charge in [0.25, 0.3) is 0 Å². The molecular formula is C9H6Cl2O2. The summed E-state index contributed by atoms with van der Waals surface area (Å²) in [5, 5.41) is 0.375. The van der Waals surface area contributed by atoms with Crippen LogP contribution in [0.2, 0.25) is 10.0 Å². The Hall–Kier alpha value is -0.860. The van der Waals surface area contributed by atoms with Crippen molar-refractivity contribution in [1.82, 2.24) is 0 Å². The van der Waals surface area contributed by atoms with Gasteiger partial charge in [-0.3, -0.25) is 9.59 Å². The molecule has 0 aliphatic heterocycles. The van der Waals surface area contributed by atoms with Gasteiger partial charge in [-0.25, -0.2) is 0 Å². The van der Waals surface area contributed by atoms with Crippen molar-refractivity contribution in [2.45, 2.75) is 6.92 Å². The van der Waals surface area contributed by atoms with Gasteiger partial charge in [0.1, 0.15) is 0 Å². The van der Waals surface area contributed by atoms with Crippen molar-refractivity contribution in [3.05, 3.63) is 33.3 Å². The smallest absolute Gasteiger partial charge is 0.161 e. The van der Waals surface area contributed by atoms with E-state index >= 15 is 0 Å². The molecule has 0 amide bonds. The standard InChI is InChI=1S/C9H6Cl2O2/c1-5(13)6-2-3-8(10)7(4-12)9(6)11/h2-4H,1H3. The molecule has 0 N–H and O–H groups in total. The summed E-state index contributed by atoms with van der Waals surface area (Å²) in [4.78, 5) is 21.5. The van der Waals surface area contributed by atoms with Crippen molar-refractivity contribution in [2.24, 2.45) is 0 Å². The van der Waals surface area contributed by atoms with Gasteiger partial charge in [0.2, 0.25) is 0 Å². The molecule has 0 saturated heterocycles. The van der Waals surface area contributed by atoms with Crippen molar-refractivity contribution < 1.29 is 9.59 Å². The SMILES string of the molecule is CC(=O)c1ccc(Cl)c(C=O)c1Cl. The maximum atomic E-state index is 11.0. The number of hydrogen-bond acceptors (Lipinski definition) is 2. The van der Waals surface area contributed by atoms with Crippen molar-refractivity contribution in [3.63, 3.8) is 0 Å². The molecule has 13 heavy (non-hydrogen) atoms. The Kier molecular flexibility index (Phi) is 3.07. The molecular weight excluding hydrogens is 211 g/mol. The van der Waals surface area contributed by atoms with E-state index < -0.39 is 0 Å². The zero-order valence-electron chi connectivity index (χ0n) is 6.80. The number of ketones is 1. The van der Waals surface area contributed by atoms with Crippen LogP contribution in [0.15, 0.2) is 12.1 Å². The minimum Gasteiger partial charge on any atom is -0.298 e. The predicted molar refractivity (Wildman–Crippen MR) is 51.9 cm³/mol. The summed E-state index contributed by atoms with van der Waals surface area (Å²) in [7, 11) is 0. The largest absolute Gasteiger partial charge is 0.298 e. The van der Waals surface area contributed by atoms with Gasteiger partial charge in [-0.15, -0.1) is 0 Å². The molecule has 0 aliphatic rings. The van der Waals surface area contributed by atoms with Crippen LogP contribution >= 0.6 is 23.2 Å². The van der Waals surface area contributed by atoms with E-state index in [2.05, 4.69) is 0 Å². The summed E-state index contributed by atoms with van der Waals surface area (Å²) in [5.74, 6) is -0.190. The van der Waals surface area contributed by atoms with Crippen molar-refractivity contribution in [3.8, 4) is 0 Å². The van der Waals surface area contributed by atoms with Gasteiger partial charge in [0.05, 0.1) is 15.6 Å². The normalized spacial score (nSPS) is 9.77. The molecule has 0 fully saturated rings. The van der Waals surface area contributed by atoms with E-state index in [1.165, 1.54) is 19.1 Å². The first-order valence-electron chi connectivity index (χ1n) is 3.52. The third-order valence-corrected chi connectivity index (χ3v) is 2.36. The third-order valence-electron chi connectivity index (χ3n) is 1.62. The molecule has 0 heterocycles. The molecule has 0 aromatic heterocycles. The average molecular weight is 217 g/mol. The Balaban J connectivity index is 3.44. The molecule has 0 radical (unpaired) electrons. The van der Waals surface area contributed by atoms with Crippen LogP contribution in [0.1, 0.15) is 27.6 Å². The molecule has 0 spiro atoms. The number of halogens is 2. The summed E-state index contributed by atoms with van der Waals surface area (Å²) in [6.07, 6.45) is 0.539. The minimum absolute atomic E-state index is 0.120. The molecule has 1 aromatic rings. The van der Waals surface area contributed by atoms with E-state index in [1.54, 1.807) is 0 Å². The highest BCUT2D eigenvalue weighted by molar-refractivity contribution is 6.40. The molecule has 0 bridgehead atoms. The Morgan fingerprint density at radius 3 is 2.46 bits per heavy atom. The second-order valence-corrected chi connectivity index (χ2v) is 3.28. The first kappa shape index (κ1) is 10.2. The Bertz CT molecular complexity index is 372. The van der Waals surface area contributed by atoms with E-state index in [1.807, 2.05) is 0 Å². The van der Waals surface area contributed by atoms with Crippen molar-refractivity contribution >= 4 is 35.3 Å². The topological polar surface area (TPSA) is 34.1 Å². The fourth-order valence-corrected chi connectivity index (χ4v) is 1.54. The second-order valence-electron chi connectivity index (χ2n) is 2.50.